The first kappa shape index (κ1) is 17.0. The van der Waals surface area contributed by atoms with Crippen molar-refractivity contribution < 1.29 is 9.53 Å². The summed E-state index contributed by atoms with van der Waals surface area (Å²) in [4.78, 5) is 14.5. The number of ether oxygens (including phenoxy) is 1. The van der Waals surface area contributed by atoms with Crippen molar-refractivity contribution in [2.24, 2.45) is 0 Å². The summed E-state index contributed by atoms with van der Waals surface area (Å²) in [5.74, 6) is 1.71. The van der Waals surface area contributed by atoms with E-state index in [1.165, 1.54) is 0 Å². The van der Waals surface area contributed by atoms with E-state index in [1.807, 2.05) is 60.4 Å². The number of rotatable bonds is 4. The fourth-order valence-corrected chi connectivity index (χ4v) is 4.06. The SMILES string of the molecule is CCOc1ccc(NC(=O)N2CCS[C@@H]2c2cccc(Cl)c2)cc1. The van der Waals surface area contributed by atoms with E-state index < -0.39 is 0 Å². The molecule has 6 heteroatoms. The molecule has 0 bridgehead atoms. The fraction of sp³-hybridized carbons (Fsp3) is 0.278. The van der Waals surface area contributed by atoms with Crippen molar-refractivity contribution in [1.29, 1.82) is 0 Å². The van der Waals surface area contributed by atoms with Crippen LogP contribution in [-0.2, 0) is 0 Å². The number of anilines is 1. The Morgan fingerprint density at radius 2 is 2.12 bits per heavy atom. The standard InChI is InChI=1S/C18H19ClN2O2S/c1-2-23-16-8-6-15(7-9-16)20-18(22)21-10-11-24-17(21)13-4-3-5-14(19)12-13/h3-9,12,17H,2,10-11H2,1H3,(H,20,22)/t17-/m1/s1. The molecule has 1 N–H and O–H groups in total. The van der Waals surface area contributed by atoms with E-state index >= 15 is 0 Å². The molecule has 1 fully saturated rings. The van der Waals surface area contributed by atoms with Gasteiger partial charge in [-0.25, -0.2) is 4.79 Å². The van der Waals surface area contributed by atoms with Gasteiger partial charge in [0.1, 0.15) is 11.1 Å². The first-order valence-corrected chi connectivity index (χ1v) is 9.27. The molecule has 0 radical (unpaired) electrons. The average Bonchev–Trinajstić information content (AvgIpc) is 3.07. The number of halogens is 1. The quantitative estimate of drug-likeness (QED) is 0.830. The molecule has 1 aliphatic heterocycles. The molecule has 0 unspecified atom stereocenters. The van der Waals surface area contributed by atoms with Gasteiger partial charge in [0.15, 0.2) is 0 Å². The highest BCUT2D eigenvalue weighted by atomic mass is 35.5. The van der Waals surface area contributed by atoms with E-state index in [2.05, 4.69) is 5.32 Å². The van der Waals surface area contributed by atoms with E-state index in [0.29, 0.717) is 18.2 Å². The van der Waals surface area contributed by atoms with Gasteiger partial charge < -0.3 is 15.0 Å². The molecule has 0 spiro atoms. The van der Waals surface area contributed by atoms with Gasteiger partial charge in [0.2, 0.25) is 0 Å². The minimum absolute atomic E-state index is 0.00796. The van der Waals surface area contributed by atoms with Crippen molar-refractivity contribution in [3.8, 4) is 5.75 Å². The Morgan fingerprint density at radius 3 is 2.83 bits per heavy atom. The van der Waals surface area contributed by atoms with Crippen molar-refractivity contribution >= 4 is 35.1 Å². The van der Waals surface area contributed by atoms with Gasteiger partial charge in [-0.3, -0.25) is 0 Å². The lowest BCUT2D eigenvalue weighted by Crippen LogP contribution is -2.34. The van der Waals surface area contributed by atoms with Crippen LogP contribution in [0.25, 0.3) is 0 Å². The lowest BCUT2D eigenvalue weighted by molar-refractivity contribution is 0.214. The molecular weight excluding hydrogens is 344 g/mol. The number of nitrogens with one attached hydrogen (secondary N) is 1. The monoisotopic (exact) mass is 362 g/mol. The molecule has 0 aliphatic carbocycles. The van der Waals surface area contributed by atoms with E-state index in [1.54, 1.807) is 11.8 Å². The highest BCUT2D eigenvalue weighted by Crippen LogP contribution is 2.38. The predicted octanol–water partition coefficient (Wildman–Crippen LogP) is 5.02. The molecule has 2 aromatic rings. The number of hydrogen-bond donors (Lipinski definition) is 1. The van der Waals surface area contributed by atoms with Crippen LogP contribution in [0.4, 0.5) is 10.5 Å². The Kier molecular flexibility index (Phi) is 5.53. The second kappa shape index (κ2) is 7.81. The summed E-state index contributed by atoms with van der Waals surface area (Å²) < 4.78 is 5.41. The van der Waals surface area contributed by atoms with Crippen LogP contribution in [0.1, 0.15) is 17.9 Å². The van der Waals surface area contributed by atoms with Gasteiger partial charge in [-0.05, 0) is 48.9 Å². The molecule has 3 rings (SSSR count). The highest BCUT2D eigenvalue weighted by Gasteiger charge is 2.30. The predicted molar refractivity (Wildman–Crippen MR) is 100.0 cm³/mol. The summed E-state index contributed by atoms with van der Waals surface area (Å²) in [5, 5.41) is 3.63. The second-order valence-corrected chi connectivity index (χ2v) is 6.98. The topological polar surface area (TPSA) is 41.6 Å². The molecule has 1 atom stereocenters. The number of nitrogens with zero attached hydrogens (tertiary/aromatic N) is 1. The molecule has 24 heavy (non-hydrogen) atoms. The van der Waals surface area contributed by atoms with Crippen LogP contribution in [0.3, 0.4) is 0 Å². The average molecular weight is 363 g/mol. The maximum absolute atomic E-state index is 12.6. The zero-order chi connectivity index (χ0) is 16.9. The van der Waals surface area contributed by atoms with Crippen molar-refractivity contribution in [2.75, 3.05) is 24.2 Å². The molecule has 1 saturated heterocycles. The molecule has 0 saturated carbocycles. The number of benzene rings is 2. The van der Waals surface area contributed by atoms with Crippen LogP contribution < -0.4 is 10.1 Å². The van der Waals surface area contributed by atoms with Crippen LogP contribution in [0.2, 0.25) is 5.02 Å². The van der Waals surface area contributed by atoms with Gasteiger partial charge in [-0.15, -0.1) is 11.8 Å². The number of amides is 2. The minimum Gasteiger partial charge on any atom is -0.494 e. The fourth-order valence-electron chi connectivity index (χ4n) is 2.61. The van der Waals surface area contributed by atoms with E-state index in [9.17, 15) is 4.79 Å². The maximum Gasteiger partial charge on any atom is 0.323 e. The number of carbonyl (C=O) groups excluding carboxylic acids is 1. The smallest absolute Gasteiger partial charge is 0.323 e. The minimum atomic E-state index is -0.103. The molecule has 0 aromatic heterocycles. The first-order valence-electron chi connectivity index (χ1n) is 7.85. The maximum atomic E-state index is 12.6. The third kappa shape index (κ3) is 3.97. The lowest BCUT2D eigenvalue weighted by atomic mass is 10.2. The summed E-state index contributed by atoms with van der Waals surface area (Å²) in [6, 6.07) is 15.0. The Hall–Kier alpha value is -1.85. The van der Waals surface area contributed by atoms with E-state index in [0.717, 1.165) is 22.8 Å². The Labute approximate surface area is 151 Å². The number of hydrogen-bond acceptors (Lipinski definition) is 3. The highest BCUT2D eigenvalue weighted by molar-refractivity contribution is 7.99. The van der Waals surface area contributed by atoms with Gasteiger partial charge in [0, 0.05) is 23.0 Å². The zero-order valence-corrected chi connectivity index (χ0v) is 14.9. The van der Waals surface area contributed by atoms with Gasteiger partial charge >= 0.3 is 6.03 Å². The van der Waals surface area contributed by atoms with Gasteiger partial charge in [-0.2, -0.15) is 0 Å². The Morgan fingerprint density at radius 1 is 1.33 bits per heavy atom. The zero-order valence-electron chi connectivity index (χ0n) is 13.4. The molecule has 1 heterocycles. The summed E-state index contributed by atoms with van der Waals surface area (Å²) in [6.45, 7) is 3.28. The summed E-state index contributed by atoms with van der Waals surface area (Å²) in [5.41, 5.74) is 1.80. The van der Waals surface area contributed by atoms with Crippen molar-refractivity contribution in [1.82, 2.24) is 4.90 Å². The largest absolute Gasteiger partial charge is 0.494 e. The van der Waals surface area contributed by atoms with E-state index in [4.69, 9.17) is 16.3 Å². The van der Waals surface area contributed by atoms with Crippen LogP contribution in [0, 0.1) is 0 Å². The van der Waals surface area contributed by atoms with Crippen molar-refractivity contribution in [3.05, 3.63) is 59.1 Å². The van der Waals surface area contributed by atoms with Crippen LogP contribution >= 0.6 is 23.4 Å². The summed E-state index contributed by atoms with van der Waals surface area (Å²) >= 11 is 7.83. The molecule has 126 valence electrons. The molecule has 4 nitrogen and oxygen atoms in total. The number of carbonyl (C=O) groups is 1. The normalized spacial score (nSPS) is 16.9. The lowest BCUT2D eigenvalue weighted by Gasteiger charge is -2.24. The van der Waals surface area contributed by atoms with Crippen LogP contribution in [-0.4, -0.2) is 29.8 Å². The molecular formula is C18H19ClN2O2S. The molecule has 2 aromatic carbocycles. The summed E-state index contributed by atoms with van der Waals surface area (Å²) in [7, 11) is 0. The van der Waals surface area contributed by atoms with Crippen molar-refractivity contribution in [2.45, 2.75) is 12.3 Å². The van der Waals surface area contributed by atoms with E-state index in [-0.39, 0.29) is 11.4 Å². The Balaban J connectivity index is 1.69. The van der Waals surface area contributed by atoms with Crippen LogP contribution in [0.15, 0.2) is 48.5 Å². The van der Waals surface area contributed by atoms with Gasteiger partial charge in [0.05, 0.1) is 6.61 Å². The third-order valence-electron chi connectivity index (χ3n) is 3.70. The van der Waals surface area contributed by atoms with Gasteiger partial charge in [0.25, 0.3) is 0 Å². The van der Waals surface area contributed by atoms with Crippen LogP contribution in [0.5, 0.6) is 5.75 Å². The molecule has 2 amide bonds. The van der Waals surface area contributed by atoms with Crippen molar-refractivity contribution in [3.63, 3.8) is 0 Å². The molecule has 1 aliphatic rings. The Bertz CT molecular complexity index is 708. The number of urea groups is 1. The van der Waals surface area contributed by atoms with Gasteiger partial charge in [-0.1, -0.05) is 23.7 Å². The first-order chi connectivity index (χ1) is 11.7. The summed E-state index contributed by atoms with van der Waals surface area (Å²) in [6.07, 6.45) is 0. The third-order valence-corrected chi connectivity index (χ3v) is 5.20. The number of thioether (sulfide) groups is 1. The second-order valence-electron chi connectivity index (χ2n) is 5.36.